The summed E-state index contributed by atoms with van der Waals surface area (Å²) in [7, 11) is -1.84. The summed E-state index contributed by atoms with van der Waals surface area (Å²) in [4.78, 5) is 4.37. The van der Waals surface area contributed by atoms with E-state index < -0.39 is 8.32 Å². The van der Waals surface area contributed by atoms with Gasteiger partial charge in [0.1, 0.15) is 11.3 Å². The zero-order valence-electron chi connectivity index (χ0n) is 15.0. The number of nitrogens with zero attached hydrogens (tertiary/aromatic N) is 1. The van der Waals surface area contributed by atoms with E-state index in [9.17, 15) is 0 Å². The Labute approximate surface area is 150 Å². The largest absolute Gasteiger partial charge is 0.401 e. The highest BCUT2D eigenvalue weighted by atomic mass is 79.9. The van der Waals surface area contributed by atoms with Gasteiger partial charge in [0.2, 0.25) is 0 Å². The van der Waals surface area contributed by atoms with E-state index in [1.54, 1.807) is 6.20 Å². The first-order valence-electron chi connectivity index (χ1n) is 8.49. The Morgan fingerprint density at radius 3 is 2.35 bits per heavy atom. The normalized spacial score (nSPS) is 18.2. The number of rotatable bonds is 2. The maximum atomic E-state index is 6.80. The van der Waals surface area contributed by atoms with Crippen molar-refractivity contribution in [3.8, 4) is 11.8 Å². The Balaban J connectivity index is 2.28. The quantitative estimate of drug-likeness (QED) is 0.459. The van der Waals surface area contributed by atoms with Gasteiger partial charge in [-0.25, -0.2) is 4.98 Å². The molecule has 0 bridgehead atoms. The van der Waals surface area contributed by atoms with Crippen LogP contribution < -0.4 is 0 Å². The van der Waals surface area contributed by atoms with Crippen LogP contribution in [0.1, 0.15) is 58.6 Å². The first-order chi connectivity index (χ1) is 10.6. The Morgan fingerprint density at radius 1 is 1.17 bits per heavy atom. The summed E-state index contributed by atoms with van der Waals surface area (Å²) in [6, 6.07) is 3.94. The Kier molecular flexibility index (Phi) is 5.76. The van der Waals surface area contributed by atoms with Gasteiger partial charge in [-0.2, -0.15) is 0 Å². The molecule has 0 aliphatic heterocycles. The van der Waals surface area contributed by atoms with Gasteiger partial charge in [-0.15, -0.1) is 0 Å². The van der Waals surface area contributed by atoms with Crippen molar-refractivity contribution in [2.75, 3.05) is 0 Å². The smallest absolute Gasteiger partial charge is 0.194 e. The fourth-order valence-electron chi connectivity index (χ4n) is 2.64. The second kappa shape index (κ2) is 7.09. The van der Waals surface area contributed by atoms with Crippen LogP contribution >= 0.6 is 15.9 Å². The average Bonchev–Trinajstić information content (AvgIpc) is 2.46. The molecule has 126 valence electrons. The molecule has 23 heavy (non-hydrogen) atoms. The molecule has 1 fully saturated rings. The number of hydrogen-bond donors (Lipinski definition) is 0. The van der Waals surface area contributed by atoms with Gasteiger partial charge in [0.15, 0.2) is 8.32 Å². The van der Waals surface area contributed by atoms with E-state index in [-0.39, 0.29) is 10.6 Å². The molecule has 0 spiro atoms. The van der Waals surface area contributed by atoms with Gasteiger partial charge in [0.05, 0.1) is 0 Å². The van der Waals surface area contributed by atoms with Gasteiger partial charge in [-0.05, 0) is 77.8 Å². The molecule has 0 saturated heterocycles. The fraction of sp³-hybridized carbons (Fsp3) is 0.632. The zero-order valence-corrected chi connectivity index (χ0v) is 17.6. The van der Waals surface area contributed by atoms with Crippen LogP contribution in [-0.4, -0.2) is 18.9 Å². The Morgan fingerprint density at radius 2 is 1.83 bits per heavy atom. The molecule has 4 heteroatoms. The second-order valence-electron chi connectivity index (χ2n) is 8.03. The van der Waals surface area contributed by atoms with Crippen LogP contribution in [0, 0.1) is 11.8 Å². The number of hydrogen-bond acceptors (Lipinski definition) is 2. The lowest BCUT2D eigenvalue weighted by Gasteiger charge is -2.45. The van der Waals surface area contributed by atoms with Crippen LogP contribution in [0.15, 0.2) is 22.8 Å². The maximum absolute atomic E-state index is 6.80. The molecule has 0 aromatic carbocycles. The molecule has 1 heterocycles. The van der Waals surface area contributed by atoms with Gasteiger partial charge >= 0.3 is 0 Å². The lowest BCUT2D eigenvalue weighted by atomic mass is 9.85. The summed E-state index contributed by atoms with van der Waals surface area (Å²) in [5.74, 6) is 6.76. The topological polar surface area (TPSA) is 22.1 Å². The molecule has 0 amide bonds. The minimum Gasteiger partial charge on any atom is -0.401 e. The third-order valence-corrected chi connectivity index (χ3v) is 10.0. The van der Waals surface area contributed by atoms with E-state index in [1.807, 2.05) is 12.1 Å². The minimum atomic E-state index is -1.84. The molecule has 1 saturated carbocycles. The summed E-state index contributed by atoms with van der Waals surface area (Å²) in [5, 5.41) is 0.203. The van der Waals surface area contributed by atoms with E-state index in [4.69, 9.17) is 4.43 Å². The molecule has 0 radical (unpaired) electrons. The predicted molar refractivity (Wildman–Crippen MR) is 103 cm³/mol. The molecular weight excluding hydrogens is 366 g/mol. The number of aromatic nitrogens is 1. The highest BCUT2D eigenvalue weighted by molar-refractivity contribution is 9.10. The predicted octanol–water partition coefficient (Wildman–Crippen LogP) is 5.92. The van der Waals surface area contributed by atoms with Crippen LogP contribution in [0.4, 0.5) is 0 Å². The van der Waals surface area contributed by atoms with Crippen molar-refractivity contribution >= 4 is 24.2 Å². The van der Waals surface area contributed by atoms with Gasteiger partial charge < -0.3 is 4.43 Å². The molecule has 1 aromatic rings. The second-order valence-corrected chi connectivity index (χ2v) is 13.7. The van der Waals surface area contributed by atoms with E-state index in [1.165, 1.54) is 19.3 Å². The molecule has 2 nitrogen and oxygen atoms in total. The molecule has 0 atom stereocenters. The molecule has 2 rings (SSSR count). The average molecular weight is 394 g/mol. The first kappa shape index (κ1) is 18.7. The Hall–Kier alpha value is -0.633. The monoisotopic (exact) mass is 393 g/mol. The molecule has 0 N–H and O–H groups in total. The molecule has 1 aromatic heterocycles. The highest BCUT2D eigenvalue weighted by Crippen LogP contribution is 2.42. The van der Waals surface area contributed by atoms with Gasteiger partial charge in [0.25, 0.3) is 0 Å². The number of pyridine rings is 1. The van der Waals surface area contributed by atoms with E-state index in [2.05, 4.69) is 66.6 Å². The summed E-state index contributed by atoms with van der Waals surface area (Å²) in [6.45, 7) is 11.5. The van der Waals surface area contributed by atoms with Crippen molar-refractivity contribution in [1.82, 2.24) is 4.98 Å². The van der Waals surface area contributed by atoms with Crippen LogP contribution in [0.25, 0.3) is 0 Å². The molecular formula is C19H28BrNOSi. The summed E-state index contributed by atoms with van der Waals surface area (Å²) >= 11 is 3.42. The summed E-state index contributed by atoms with van der Waals surface area (Å²) < 4.78 is 7.78. The lowest BCUT2D eigenvalue weighted by Crippen LogP contribution is -2.50. The van der Waals surface area contributed by atoms with Crippen molar-refractivity contribution in [2.45, 2.75) is 76.6 Å². The van der Waals surface area contributed by atoms with Gasteiger partial charge in [-0.1, -0.05) is 33.1 Å². The van der Waals surface area contributed by atoms with Crippen molar-refractivity contribution in [2.24, 2.45) is 0 Å². The van der Waals surface area contributed by atoms with Crippen LogP contribution in [-0.2, 0) is 4.43 Å². The van der Waals surface area contributed by atoms with Crippen LogP contribution in [0.3, 0.4) is 0 Å². The van der Waals surface area contributed by atoms with E-state index in [0.29, 0.717) is 0 Å². The van der Waals surface area contributed by atoms with Gasteiger partial charge in [-0.3, -0.25) is 0 Å². The Bertz CT molecular complexity index is 587. The van der Waals surface area contributed by atoms with Gasteiger partial charge in [0, 0.05) is 10.7 Å². The molecule has 0 unspecified atom stereocenters. The first-order valence-corrected chi connectivity index (χ1v) is 12.2. The minimum absolute atomic E-state index is 0.203. The highest BCUT2D eigenvalue weighted by Gasteiger charge is 2.44. The third-order valence-electron chi connectivity index (χ3n) is 5.06. The van der Waals surface area contributed by atoms with E-state index >= 15 is 0 Å². The van der Waals surface area contributed by atoms with Crippen molar-refractivity contribution in [3.63, 3.8) is 0 Å². The fourth-order valence-corrected chi connectivity index (χ4v) is 4.42. The lowest BCUT2D eigenvalue weighted by molar-refractivity contribution is 0.0718. The van der Waals surface area contributed by atoms with Crippen molar-refractivity contribution < 1.29 is 4.43 Å². The SMILES string of the molecule is CC(C)(C)[Si](C)(C)OC1(C#Cc2ccc(Br)cn2)CCCCC1. The van der Waals surface area contributed by atoms with Crippen LogP contribution in [0.5, 0.6) is 0 Å². The zero-order chi connectivity index (χ0) is 17.1. The molecule has 1 aliphatic rings. The summed E-state index contributed by atoms with van der Waals surface area (Å²) in [6.07, 6.45) is 7.59. The standard InChI is InChI=1S/C19H28BrNOSi/c1-18(2,3)23(4,5)22-19(12-7-6-8-13-19)14-11-17-10-9-16(20)15-21-17/h9-10,15H,6-8,12-13H2,1-5H3. The maximum Gasteiger partial charge on any atom is 0.194 e. The third kappa shape index (κ3) is 4.92. The number of halogens is 1. The van der Waals surface area contributed by atoms with Crippen LogP contribution in [0.2, 0.25) is 18.1 Å². The van der Waals surface area contributed by atoms with E-state index in [0.717, 1.165) is 23.0 Å². The molecule has 1 aliphatic carbocycles. The summed E-state index contributed by atoms with van der Waals surface area (Å²) in [5.41, 5.74) is 0.535. The van der Waals surface area contributed by atoms with Crippen molar-refractivity contribution in [1.29, 1.82) is 0 Å². The van der Waals surface area contributed by atoms with Crippen molar-refractivity contribution in [3.05, 3.63) is 28.5 Å².